The number of rotatable bonds is 5. The zero-order chi connectivity index (χ0) is 13.8. The van der Waals surface area contributed by atoms with Crippen LogP contribution >= 0.6 is 0 Å². The Kier molecular flexibility index (Phi) is 4.75. The molecule has 0 aromatic carbocycles. The van der Waals surface area contributed by atoms with Crippen LogP contribution in [0.5, 0.6) is 5.88 Å². The molecule has 0 saturated carbocycles. The van der Waals surface area contributed by atoms with E-state index < -0.39 is 19.2 Å². The molecule has 0 radical (unpaired) electrons. The lowest BCUT2D eigenvalue weighted by Crippen LogP contribution is -2.15. The average molecular weight is 263 g/mol. The molecule has 0 fully saturated rings. The molecule has 0 amide bonds. The van der Waals surface area contributed by atoms with Crippen molar-refractivity contribution >= 4 is 5.82 Å². The number of anilines is 1. The van der Waals surface area contributed by atoms with Gasteiger partial charge in [0.1, 0.15) is 11.6 Å². The van der Waals surface area contributed by atoms with Gasteiger partial charge in [0.25, 0.3) is 0 Å². The molecule has 0 atom stereocenters. The maximum atomic E-state index is 12.0. The van der Waals surface area contributed by atoms with Crippen LogP contribution in [0.15, 0.2) is 0 Å². The summed E-state index contributed by atoms with van der Waals surface area (Å²) >= 11 is 0. The van der Waals surface area contributed by atoms with Gasteiger partial charge in [-0.3, -0.25) is 0 Å². The molecule has 4 nitrogen and oxygen atoms in total. The third kappa shape index (κ3) is 4.38. The van der Waals surface area contributed by atoms with Crippen LogP contribution < -0.4 is 10.5 Å². The number of aromatic nitrogens is 2. The van der Waals surface area contributed by atoms with Crippen molar-refractivity contribution in [2.24, 2.45) is 0 Å². The summed E-state index contributed by atoms with van der Waals surface area (Å²) in [4.78, 5) is 8.11. The Morgan fingerprint density at radius 1 is 1.28 bits per heavy atom. The van der Waals surface area contributed by atoms with Gasteiger partial charge in [-0.15, -0.1) is 0 Å². The lowest BCUT2D eigenvalue weighted by molar-refractivity contribution is -0.139. The maximum absolute atomic E-state index is 12.0. The van der Waals surface area contributed by atoms with Crippen LogP contribution in [0.2, 0.25) is 0 Å². The average Bonchev–Trinajstić information content (AvgIpc) is 2.23. The SMILES string of the molecule is CCCc1nc(N)c(C)c(OCCC(F)(F)F)n1. The fourth-order valence-electron chi connectivity index (χ4n) is 1.30. The van der Waals surface area contributed by atoms with Crippen molar-refractivity contribution in [3.05, 3.63) is 11.4 Å². The van der Waals surface area contributed by atoms with Crippen LogP contribution in [0, 0.1) is 6.92 Å². The number of nitrogens with zero attached hydrogens (tertiary/aromatic N) is 2. The van der Waals surface area contributed by atoms with Crippen molar-refractivity contribution < 1.29 is 17.9 Å². The summed E-state index contributed by atoms with van der Waals surface area (Å²) in [6.07, 6.45) is -3.82. The quantitative estimate of drug-likeness (QED) is 0.887. The van der Waals surface area contributed by atoms with Crippen molar-refractivity contribution in [1.82, 2.24) is 9.97 Å². The third-order valence-corrected chi connectivity index (χ3v) is 2.28. The molecule has 0 saturated heterocycles. The van der Waals surface area contributed by atoms with Gasteiger partial charge in [-0.05, 0) is 13.3 Å². The van der Waals surface area contributed by atoms with Crippen molar-refractivity contribution in [3.63, 3.8) is 0 Å². The molecule has 1 aromatic rings. The standard InChI is InChI=1S/C11H16F3N3O/c1-3-4-8-16-9(15)7(2)10(17-8)18-6-5-11(12,13)14/h3-6H2,1-2H3,(H2,15,16,17). The minimum Gasteiger partial charge on any atom is -0.477 e. The van der Waals surface area contributed by atoms with Gasteiger partial charge >= 0.3 is 6.18 Å². The van der Waals surface area contributed by atoms with Gasteiger partial charge in [0, 0.05) is 6.42 Å². The lowest BCUT2D eigenvalue weighted by atomic mass is 10.3. The first kappa shape index (κ1) is 14.5. The number of hydrogen-bond donors (Lipinski definition) is 1. The predicted octanol–water partition coefficient (Wildman–Crippen LogP) is 2.65. The number of ether oxygens (including phenoxy) is 1. The van der Waals surface area contributed by atoms with E-state index in [9.17, 15) is 13.2 Å². The fraction of sp³-hybridized carbons (Fsp3) is 0.636. The lowest BCUT2D eigenvalue weighted by Gasteiger charge is -2.12. The molecule has 0 aliphatic rings. The first-order valence-electron chi connectivity index (χ1n) is 5.66. The molecule has 0 aliphatic carbocycles. The number of aryl methyl sites for hydroxylation is 1. The van der Waals surface area contributed by atoms with Crippen molar-refractivity contribution in [3.8, 4) is 5.88 Å². The van der Waals surface area contributed by atoms with Gasteiger partial charge in [-0.25, -0.2) is 4.98 Å². The topological polar surface area (TPSA) is 61.0 Å². The fourth-order valence-corrected chi connectivity index (χ4v) is 1.30. The first-order valence-corrected chi connectivity index (χ1v) is 5.66. The van der Waals surface area contributed by atoms with Crippen LogP contribution in [0.25, 0.3) is 0 Å². The van der Waals surface area contributed by atoms with E-state index in [1.165, 1.54) is 0 Å². The summed E-state index contributed by atoms with van der Waals surface area (Å²) in [5.41, 5.74) is 6.13. The molecular formula is C11H16F3N3O. The monoisotopic (exact) mass is 263 g/mol. The van der Waals surface area contributed by atoms with Gasteiger partial charge in [0.15, 0.2) is 0 Å². The van der Waals surface area contributed by atoms with E-state index >= 15 is 0 Å². The van der Waals surface area contributed by atoms with Crippen LogP contribution in [0.3, 0.4) is 0 Å². The zero-order valence-corrected chi connectivity index (χ0v) is 10.3. The Morgan fingerprint density at radius 2 is 1.94 bits per heavy atom. The molecule has 1 aromatic heterocycles. The summed E-state index contributed by atoms with van der Waals surface area (Å²) in [7, 11) is 0. The highest BCUT2D eigenvalue weighted by Gasteiger charge is 2.27. The number of hydrogen-bond acceptors (Lipinski definition) is 4. The second kappa shape index (κ2) is 5.88. The maximum Gasteiger partial charge on any atom is 0.392 e. The third-order valence-electron chi connectivity index (χ3n) is 2.28. The van der Waals surface area contributed by atoms with E-state index in [1.54, 1.807) is 6.92 Å². The molecule has 18 heavy (non-hydrogen) atoms. The van der Waals surface area contributed by atoms with E-state index in [1.807, 2.05) is 6.92 Å². The molecule has 1 heterocycles. The molecule has 1 rings (SSSR count). The first-order chi connectivity index (χ1) is 8.33. The summed E-state index contributed by atoms with van der Waals surface area (Å²) in [6.45, 7) is 3.10. The van der Waals surface area contributed by atoms with Gasteiger partial charge in [0.2, 0.25) is 5.88 Å². The molecule has 0 bridgehead atoms. The minimum atomic E-state index is -4.24. The Bertz CT molecular complexity index is 407. The molecular weight excluding hydrogens is 247 g/mol. The van der Waals surface area contributed by atoms with Gasteiger partial charge in [0.05, 0.1) is 18.6 Å². The largest absolute Gasteiger partial charge is 0.477 e. The van der Waals surface area contributed by atoms with Crippen LogP contribution in [-0.4, -0.2) is 22.8 Å². The highest BCUT2D eigenvalue weighted by Crippen LogP contribution is 2.23. The van der Waals surface area contributed by atoms with Gasteiger partial charge < -0.3 is 10.5 Å². The Balaban J connectivity index is 2.74. The van der Waals surface area contributed by atoms with E-state index in [2.05, 4.69) is 9.97 Å². The molecule has 0 aliphatic heterocycles. The summed E-state index contributed by atoms with van der Waals surface area (Å²) < 4.78 is 41.0. The van der Waals surface area contributed by atoms with Gasteiger partial charge in [-0.1, -0.05) is 6.92 Å². The number of alkyl halides is 3. The second-order valence-electron chi connectivity index (χ2n) is 3.92. The summed E-state index contributed by atoms with van der Waals surface area (Å²) in [5.74, 6) is 0.869. The normalized spacial score (nSPS) is 11.6. The molecule has 2 N–H and O–H groups in total. The molecule has 102 valence electrons. The highest BCUT2D eigenvalue weighted by molar-refractivity contribution is 5.44. The van der Waals surface area contributed by atoms with Crippen LogP contribution in [0.4, 0.5) is 19.0 Å². The van der Waals surface area contributed by atoms with E-state index in [0.717, 1.165) is 6.42 Å². The molecule has 7 heteroatoms. The molecule has 0 unspecified atom stereocenters. The Labute approximate surface area is 103 Å². The second-order valence-corrected chi connectivity index (χ2v) is 3.92. The zero-order valence-electron chi connectivity index (χ0n) is 10.3. The number of halogens is 3. The van der Waals surface area contributed by atoms with Crippen molar-refractivity contribution in [1.29, 1.82) is 0 Å². The Hall–Kier alpha value is -1.53. The summed E-state index contributed by atoms with van der Waals surface area (Å²) in [6, 6.07) is 0. The predicted molar refractivity (Wildman–Crippen MR) is 61.3 cm³/mol. The van der Waals surface area contributed by atoms with E-state index in [-0.39, 0.29) is 11.7 Å². The van der Waals surface area contributed by atoms with Crippen LogP contribution in [-0.2, 0) is 6.42 Å². The smallest absolute Gasteiger partial charge is 0.392 e. The van der Waals surface area contributed by atoms with E-state index in [0.29, 0.717) is 17.8 Å². The number of nitrogen functional groups attached to an aromatic ring is 1. The summed E-state index contributed by atoms with van der Waals surface area (Å²) in [5, 5.41) is 0. The van der Waals surface area contributed by atoms with Gasteiger partial charge in [-0.2, -0.15) is 18.2 Å². The van der Waals surface area contributed by atoms with Crippen LogP contribution in [0.1, 0.15) is 31.2 Å². The number of nitrogens with two attached hydrogens (primary N) is 1. The molecule has 0 spiro atoms. The van der Waals surface area contributed by atoms with Crippen molar-refractivity contribution in [2.45, 2.75) is 39.3 Å². The van der Waals surface area contributed by atoms with Crippen molar-refractivity contribution in [2.75, 3.05) is 12.3 Å². The highest BCUT2D eigenvalue weighted by atomic mass is 19.4. The minimum absolute atomic E-state index is 0.134. The Morgan fingerprint density at radius 3 is 2.50 bits per heavy atom. The van der Waals surface area contributed by atoms with E-state index in [4.69, 9.17) is 10.5 Å².